The monoisotopic (exact) mass is 302 g/mol. The van der Waals surface area contributed by atoms with Gasteiger partial charge < -0.3 is 10.2 Å². The van der Waals surface area contributed by atoms with Gasteiger partial charge in [0.25, 0.3) is 0 Å². The van der Waals surface area contributed by atoms with Crippen LogP contribution in [0.25, 0.3) is 0 Å². The van der Waals surface area contributed by atoms with E-state index in [2.05, 4.69) is 41.4 Å². The molecule has 2 rings (SSSR count). The minimum atomic E-state index is 0.0918. The van der Waals surface area contributed by atoms with Gasteiger partial charge in [-0.05, 0) is 51.1 Å². The van der Waals surface area contributed by atoms with Crippen molar-refractivity contribution in [3.05, 3.63) is 35.4 Å². The molecule has 1 saturated heterocycles. The number of carbonyl (C=O) groups is 1. The van der Waals surface area contributed by atoms with Crippen LogP contribution in [0, 0.1) is 18.8 Å². The Morgan fingerprint density at radius 3 is 2.50 bits per heavy atom. The SMILES string of the molecule is CNCC(C)C(=O)N1CCC(CCc2ccc(C)cc2)CC1. The molecule has 3 heteroatoms. The molecule has 1 heterocycles. The van der Waals surface area contributed by atoms with E-state index in [1.807, 2.05) is 14.0 Å². The molecular weight excluding hydrogens is 272 g/mol. The van der Waals surface area contributed by atoms with Gasteiger partial charge in [-0.15, -0.1) is 0 Å². The Balaban J connectivity index is 1.73. The molecule has 0 saturated carbocycles. The molecule has 122 valence electrons. The van der Waals surface area contributed by atoms with Crippen molar-refractivity contribution < 1.29 is 4.79 Å². The Morgan fingerprint density at radius 1 is 1.27 bits per heavy atom. The third-order valence-electron chi connectivity index (χ3n) is 4.82. The smallest absolute Gasteiger partial charge is 0.226 e. The fraction of sp³-hybridized carbons (Fsp3) is 0.632. The van der Waals surface area contributed by atoms with Crippen LogP contribution in [-0.4, -0.2) is 37.5 Å². The first-order chi connectivity index (χ1) is 10.6. The number of hydrogen-bond donors (Lipinski definition) is 1. The summed E-state index contributed by atoms with van der Waals surface area (Å²) in [5, 5.41) is 3.09. The second kappa shape index (κ2) is 8.33. The minimum absolute atomic E-state index is 0.0918. The number of aryl methyl sites for hydroxylation is 2. The quantitative estimate of drug-likeness (QED) is 0.876. The molecule has 22 heavy (non-hydrogen) atoms. The zero-order chi connectivity index (χ0) is 15.9. The Labute approximate surface area is 135 Å². The average molecular weight is 302 g/mol. The molecule has 0 aromatic heterocycles. The van der Waals surface area contributed by atoms with Gasteiger partial charge in [-0.1, -0.05) is 36.8 Å². The Bertz CT molecular complexity index is 461. The molecule has 0 aliphatic carbocycles. The maximum absolute atomic E-state index is 12.3. The minimum Gasteiger partial charge on any atom is -0.342 e. The largest absolute Gasteiger partial charge is 0.342 e. The topological polar surface area (TPSA) is 32.3 Å². The summed E-state index contributed by atoms with van der Waals surface area (Å²) < 4.78 is 0. The van der Waals surface area contributed by atoms with Crippen LogP contribution in [0.15, 0.2) is 24.3 Å². The van der Waals surface area contributed by atoms with Crippen LogP contribution in [0.1, 0.15) is 37.3 Å². The fourth-order valence-corrected chi connectivity index (χ4v) is 3.27. The highest BCUT2D eigenvalue weighted by Gasteiger charge is 2.25. The Morgan fingerprint density at radius 2 is 1.91 bits per heavy atom. The van der Waals surface area contributed by atoms with Gasteiger partial charge in [0.2, 0.25) is 5.91 Å². The summed E-state index contributed by atoms with van der Waals surface area (Å²) in [6, 6.07) is 8.88. The summed E-state index contributed by atoms with van der Waals surface area (Å²) in [5.74, 6) is 1.17. The molecule has 1 N–H and O–H groups in total. The van der Waals surface area contributed by atoms with Crippen LogP contribution >= 0.6 is 0 Å². The van der Waals surface area contributed by atoms with Crippen molar-refractivity contribution in [2.75, 3.05) is 26.7 Å². The van der Waals surface area contributed by atoms with Gasteiger partial charge in [-0.2, -0.15) is 0 Å². The van der Waals surface area contributed by atoms with E-state index in [9.17, 15) is 4.79 Å². The van der Waals surface area contributed by atoms with E-state index in [0.717, 1.165) is 44.8 Å². The van der Waals surface area contributed by atoms with Gasteiger partial charge in [0.15, 0.2) is 0 Å². The molecule has 3 nitrogen and oxygen atoms in total. The van der Waals surface area contributed by atoms with Gasteiger partial charge in [0, 0.05) is 25.6 Å². The van der Waals surface area contributed by atoms with Crippen LogP contribution in [-0.2, 0) is 11.2 Å². The summed E-state index contributed by atoms with van der Waals surface area (Å²) in [5.41, 5.74) is 2.76. The number of likely N-dealkylation sites (tertiary alicyclic amines) is 1. The van der Waals surface area contributed by atoms with E-state index in [1.165, 1.54) is 17.5 Å². The van der Waals surface area contributed by atoms with Crippen LogP contribution in [0.5, 0.6) is 0 Å². The number of piperidine rings is 1. The molecule has 1 amide bonds. The third kappa shape index (κ3) is 4.84. The second-order valence-corrected chi connectivity index (χ2v) is 6.75. The molecule has 1 aromatic rings. The van der Waals surface area contributed by atoms with E-state index in [4.69, 9.17) is 0 Å². The summed E-state index contributed by atoms with van der Waals surface area (Å²) >= 11 is 0. The molecule has 1 unspecified atom stereocenters. The van der Waals surface area contributed by atoms with Gasteiger partial charge in [-0.3, -0.25) is 4.79 Å². The van der Waals surface area contributed by atoms with E-state index >= 15 is 0 Å². The van der Waals surface area contributed by atoms with Gasteiger partial charge in [-0.25, -0.2) is 0 Å². The highest BCUT2D eigenvalue weighted by atomic mass is 16.2. The number of rotatable bonds is 6. The van der Waals surface area contributed by atoms with Crippen molar-refractivity contribution in [3.63, 3.8) is 0 Å². The van der Waals surface area contributed by atoms with E-state index in [0.29, 0.717) is 5.91 Å². The molecule has 1 aliphatic rings. The van der Waals surface area contributed by atoms with Crippen molar-refractivity contribution in [1.82, 2.24) is 10.2 Å². The lowest BCUT2D eigenvalue weighted by molar-refractivity contribution is -0.136. The molecule has 1 atom stereocenters. The van der Waals surface area contributed by atoms with Crippen LogP contribution in [0.2, 0.25) is 0 Å². The number of amides is 1. The standard InChI is InChI=1S/C19H30N2O/c1-15-4-6-17(7-5-15)8-9-18-10-12-21(13-11-18)19(22)16(2)14-20-3/h4-7,16,18,20H,8-14H2,1-3H3. The maximum atomic E-state index is 12.3. The van der Waals surface area contributed by atoms with Crippen LogP contribution in [0.3, 0.4) is 0 Å². The van der Waals surface area contributed by atoms with Crippen molar-refractivity contribution in [3.8, 4) is 0 Å². The molecule has 1 fully saturated rings. The lowest BCUT2D eigenvalue weighted by Crippen LogP contribution is -2.43. The Hall–Kier alpha value is -1.35. The Kier molecular flexibility index (Phi) is 6.44. The first kappa shape index (κ1) is 17.0. The van der Waals surface area contributed by atoms with Crippen LogP contribution in [0.4, 0.5) is 0 Å². The van der Waals surface area contributed by atoms with Crippen molar-refractivity contribution in [1.29, 1.82) is 0 Å². The first-order valence-electron chi connectivity index (χ1n) is 8.59. The van der Waals surface area contributed by atoms with Gasteiger partial charge in [0.1, 0.15) is 0 Å². The van der Waals surface area contributed by atoms with E-state index < -0.39 is 0 Å². The molecule has 0 radical (unpaired) electrons. The molecule has 1 aromatic carbocycles. The summed E-state index contributed by atoms with van der Waals surface area (Å²) in [7, 11) is 1.90. The molecule has 1 aliphatic heterocycles. The van der Waals surface area contributed by atoms with Gasteiger partial charge in [0.05, 0.1) is 0 Å². The highest BCUT2D eigenvalue weighted by Crippen LogP contribution is 2.23. The number of hydrogen-bond acceptors (Lipinski definition) is 2. The summed E-state index contributed by atoms with van der Waals surface area (Å²) in [6.45, 7) is 6.79. The van der Waals surface area contributed by atoms with Crippen LogP contribution < -0.4 is 5.32 Å². The number of nitrogens with one attached hydrogen (secondary N) is 1. The van der Waals surface area contributed by atoms with Gasteiger partial charge >= 0.3 is 0 Å². The van der Waals surface area contributed by atoms with E-state index in [1.54, 1.807) is 0 Å². The average Bonchev–Trinajstić information content (AvgIpc) is 2.54. The number of carbonyl (C=O) groups excluding carboxylic acids is 1. The zero-order valence-electron chi connectivity index (χ0n) is 14.3. The predicted molar refractivity (Wildman–Crippen MR) is 91.9 cm³/mol. The predicted octanol–water partition coefficient (Wildman–Crippen LogP) is 3.02. The highest BCUT2D eigenvalue weighted by molar-refractivity contribution is 5.78. The molecular formula is C19H30N2O. The lowest BCUT2D eigenvalue weighted by atomic mass is 9.90. The summed E-state index contributed by atoms with van der Waals surface area (Å²) in [4.78, 5) is 14.4. The van der Waals surface area contributed by atoms with Crippen molar-refractivity contribution in [2.45, 2.75) is 39.5 Å². The number of nitrogens with zero attached hydrogens (tertiary/aromatic N) is 1. The summed E-state index contributed by atoms with van der Waals surface area (Å²) in [6.07, 6.45) is 4.72. The fourth-order valence-electron chi connectivity index (χ4n) is 3.27. The van der Waals surface area contributed by atoms with Crippen molar-refractivity contribution in [2.24, 2.45) is 11.8 Å². The second-order valence-electron chi connectivity index (χ2n) is 6.75. The number of benzene rings is 1. The lowest BCUT2D eigenvalue weighted by Gasteiger charge is -2.33. The third-order valence-corrected chi connectivity index (χ3v) is 4.82. The normalized spacial score (nSPS) is 17.5. The van der Waals surface area contributed by atoms with E-state index in [-0.39, 0.29) is 5.92 Å². The molecule has 0 spiro atoms. The van der Waals surface area contributed by atoms with Crippen molar-refractivity contribution >= 4 is 5.91 Å². The first-order valence-corrected chi connectivity index (χ1v) is 8.59. The maximum Gasteiger partial charge on any atom is 0.226 e. The molecule has 0 bridgehead atoms. The zero-order valence-corrected chi connectivity index (χ0v) is 14.3.